The molecule has 1 N–H and O–H groups in total. The average molecular weight is 240 g/mol. The number of esters is 1. The Morgan fingerprint density at radius 1 is 1.35 bits per heavy atom. The summed E-state index contributed by atoms with van der Waals surface area (Å²) in [7, 11) is 1.47. The van der Waals surface area contributed by atoms with Crippen LogP contribution in [0.2, 0.25) is 0 Å². The molecule has 2 fully saturated rings. The van der Waals surface area contributed by atoms with E-state index in [1.165, 1.54) is 33.2 Å². The Morgan fingerprint density at radius 3 is 2.71 bits per heavy atom. The van der Waals surface area contributed by atoms with E-state index in [0.717, 1.165) is 12.3 Å². The maximum atomic E-state index is 11.7. The van der Waals surface area contributed by atoms with Crippen molar-refractivity contribution in [2.24, 2.45) is 11.8 Å². The Kier molecular flexibility index (Phi) is 4.05. The minimum atomic E-state index is -0.155. The third kappa shape index (κ3) is 2.80. The summed E-state index contributed by atoms with van der Waals surface area (Å²) in [6.07, 6.45) is 2.43. The van der Waals surface area contributed by atoms with Gasteiger partial charge in [0.1, 0.15) is 6.04 Å². The molecule has 2 saturated heterocycles. The lowest BCUT2D eigenvalue weighted by Gasteiger charge is -2.34. The van der Waals surface area contributed by atoms with Gasteiger partial charge < -0.3 is 15.0 Å². The Hall–Kier alpha value is -0.610. The van der Waals surface area contributed by atoms with Crippen LogP contribution in [0.5, 0.6) is 0 Å². The van der Waals surface area contributed by atoms with Crippen LogP contribution in [-0.2, 0) is 9.53 Å². The van der Waals surface area contributed by atoms with Crippen LogP contribution in [0.4, 0.5) is 0 Å². The highest BCUT2D eigenvalue weighted by atomic mass is 16.5. The first-order chi connectivity index (χ1) is 8.11. The molecule has 2 aliphatic heterocycles. The van der Waals surface area contributed by atoms with Crippen LogP contribution >= 0.6 is 0 Å². The SMILES string of the molecule is COC(=O)[C@@H](NC1CCN2CCC1C2)C(C)C. The van der Waals surface area contributed by atoms with Gasteiger partial charge in [0.25, 0.3) is 0 Å². The molecule has 0 radical (unpaired) electrons. The Labute approximate surface area is 104 Å². The van der Waals surface area contributed by atoms with Crippen LogP contribution < -0.4 is 5.32 Å². The van der Waals surface area contributed by atoms with Gasteiger partial charge in [-0.2, -0.15) is 0 Å². The van der Waals surface area contributed by atoms with E-state index in [2.05, 4.69) is 24.1 Å². The number of piperidine rings is 1. The van der Waals surface area contributed by atoms with Gasteiger partial charge in [-0.05, 0) is 37.8 Å². The molecule has 2 rings (SSSR count). The van der Waals surface area contributed by atoms with Crippen LogP contribution in [0, 0.1) is 11.8 Å². The van der Waals surface area contributed by atoms with Gasteiger partial charge >= 0.3 is 5.97 Å². The first-order valence-electron chi connectivity index (χ1n) is 6.68. The lowest BCUT2D eigenvalue weighted by molar-refractivity contribution is -0.144. The highest BCUT2D eigenvalue weighted by Gasteiger charge is 2.37. The Balaban J connectivity index is 1.95. The van der Waals surface area contributed by atoms with Crippen LogP contribution in [0.15, 0.2) is 0 Å². The summed E-state index contributed by atoms with van der Waals surface area (Å²) in [5, 5.41) is 3.53. The molecule has 0 aromatic rings. The maximum absolute atomic E-state index is 11.7. The number of carbonyl (C=O) groups is 1. The van der Waals surface area contributed by atoms with Crippen molar-refractivity contribution in [2.75, 3.05) is 26.7 Å². The van der Waals surface area contributed by atoms with Crippen molar-refractivity contribution >= 4 is 5.97 Å². The van der Waals surface area contributed by atoms with Gasteiger partial charge in [0.05, 0.1) is 7.11 Å². The summed E-state index contributed by atoms with van der Waals surface area (Å²) in [6.45, 7) is 7.73. The number of nitrogens with one attached hydrogen (secondary N) is 1. The second-order valence-corrected chi connectivity index (χ2v) is 5.66. The van der Waals surface area contributed by atoms with Crippen LogP contribution in [-0.4, -0.2) is 49.7 Å². The van der Waals surface area contributed by atoms with Crippen molar-refractivity contribution in [1.29, 1.82) is 0 Å². The summed E-state index contributed by atoms with van der Waals surface area (Å²) in [4.78, 5) is 14.3. The molecule has 3 unspecified atom stereocenters. The van der Waals surface area contributed by atoms with Crippen molar-refractivity contribution in [3.05, 3.63) is 0 Å². The number of ether oxygens (including phenoxy) is 1. The fraction of sp³-hybridized carbons (Fsp3) is 0.923. The van der Waals surface area contributed by atoms with Gasteiger partial charge in [-0.15, -0.1) is 0 Å². The van der Waals surface area contributed by atoms with E-state index < -0.39 is 0 Å². The van der Waals surface area contributed by atoms with Gasteiger partial charge in [0.15, 0.2) is 0 Å². The van der Waals surface area contributed by atoms with E-state index >= 15 is 0 Å². The van der Waals surface area contributed by atoms with E-state index in [-0.39, 0.29) is 17.9 Å². The first kappa shape index (κ1) is 12.8. The van der Waals surface area contributed by atoms with Crippen molar-refractivity contribution in [1.82, 2.24) is 10.2 Å². The normalized spacial score (nSPS) is 33.8. The van der Waals surface area contributed by atoms with E-state index in [4.69, 9.17) is 4.74 Å². The van der Waals surface area contributed by atoms with Gasteiger partial charge in [-0.25, -0.2) is 0 Å². The van der Waals surface area contributed by atoms with E-state index in [1.807, 2.05) is 0 Å². The van der Waals surface area contributed by atoms with E-state index in [0.29, 0.717) is 6.04 Å². The smallest absolute Gasteiger partial charge is 0.323 e. The van der Waals surface area contributed by atoms with Crippen molar-refractivity contribution in [2.45, 2.75) is 38.8 Å². The highest BCUT2D eigenvalue weighted by molar-refractivity contribution is 5.76. The number of hydrogen-bond acceptors (Lipinski definition) is 4. The summed E-state index contributed by atoms with van der Waals surface area (Å²) in [6, 6.07) is 0.331. The summed E-state index contributed by atoms with van der Waals surface area (Å²) in [5.74, 6) is 0.872. The molecule has 0 aliphatic carbocycles. The fourth-order valence-electron chi connectivity index (χ4n) is 3.06. The molecule has 4 atom stereocenters. The zero-order chi connectivity index (χ0) is 12.4. The quantitative estimate of drug-likeness (QED) is 0.740. The molecule has 0 saturated carbocycles. The second kappa shape index (κ2) is 5.36. The molecule has 2 heterocycles. The van der Waals surface area contributed by atoms with Gasteiger partial charge in [0.2, 0.25) is 0 Å². The van der Waals surface area contributed by atoms with Crippen LogP contribution in [0.25, 0.3) is 0 Å². The van der Waals surface area contributed by atoms with Gasteiger partial charge in [-0.3, -0.25) is 4.79 Å². The number of carbonyl (C=O) groups excluding carboxylic acids is 1. The summed E-state index contributed by atoms with van der Waals surface area (Å²) >= 11 is 0. The van der Waals surface area contributed by atoms with Crippen molar-refractivity contribution in [3.63, 3.8) is 0 Å². The molecule has 0 spiro atoms. The van der Waals surface area contributed by atoms with Crippen molar-refractivity contribution < 1.29 is 9.53 Å². The highest BCUT2D eigenvalue weighted by Crippen LogP contribution is 2.27. The standard InChI is InChI=1S/C13H24N2O2/c1-9(2)12(13(16)17-3)14-11-5-7-15-6-4-10(11)8-15/h9-12,14H,4-8H2,1-3H3/t10?,11?,12-/m0/s1. The lowest BCUT2D eigenvalue weighted by atomic mass is 9.92. The second-order valence-electron chi connectivity index (χ2n) is 5.66. The van der Waals surface area contributed by atoms with E-state index in [1.54, 1.807) is 0 Å². The van der Waals surface area contributed by atoms with Crippen LogP contribution in [0.3, 0.4) is 0 Å². The predicted molar refractivity (Wildman–Crippen MR) is 66.7 cm³/mol. The summed E-state index contributed by atoms with van der Waals surface area (Å²) in [5.41, 5.74) is 0. The number of fused-ring (bicyclic) bond motifs is 2. The molecule has 17 heavy (non-hydrogen) atoms. The molecule has 0 amide bonds. The Morgan fingerprint density at radius 2 is 2.06 bits per heavy atom. The van der Waals surface area contributed by atoms with E-state index in [9.17, 15) is 4.79 Å². The lowest BCUT2D eigenvalue weighted by Crippen LogP contribution is -2.52. The number of nitrogens with zero attached hydrogens (tertiary/aromatic N) is 1. The molecule has 98 valence electrons. The minimum Gasteiger partial charge on any atom is -0.468 e. The van der Waals surface area contributed by atoms with Crippen molar-refractivity contribution in [3.8, 4) is 0 Å². The zero-order valence-corrected chi connectivity index (χ0v) is 11.1. The molecule has 0 aromatic heterocycles. The van der Waals surface area contributed by atoms with Gasteiger partial charge in [0, 0.05) is 12.6 Å². The topological polar surface area (TPSA) is 41.6 Å². The first-order valence-corrected chi connectivity index (χ1v) is 6.68. The molecule has 4 heteroatoms. The minimum absolute atomic E-state index is 0.125. The molecule has 2 bridgehead atoms. The number of methoxy groups -OCH3 is 1. The monoisotopic (exact) mass is 240 g/mol. The van der Waals surface area contributed by atoms with Gasteiger partial charge in [-0.1, -0.05) is 13.8 Å². The fourth-order valence-corrected chi connectivity index (χ4v) is 3.06. The third-order valence-corrected chi connectivity index (χ3v) is 4.15. The molecular formula is C13H24N2O2. The third-order valence-electron chi connectivity index (χ3n) is 4.15. The number of hydrogen-bond donors (Lipinski definition) is 1. The molecular weight excluding hydrogens is 216 g/mol. The molecule has 0 aromatic carbocycles. The zero-order valence-electron chi connectivity index (χ0n) is 11.1. The van der Waals surface area contributed by atoms with Crippen LogP contribution in [0.1, 0.15) is 26.7 Å². The molecule has 4 nitrogen and oxygen atoms in total. The largest absolute Gasteiger partial charge is 0.468 e. The molecule has 2 aliphatic rings. The Bertz CT molecular complexity index is 281. The maximum Gasteiger partial charge on any atom is 0.323 e. The number of rotatable bonds is 4. The summed E-state index contributed by atoms with van der Waals surface area (Å²) < 4.78 is 4.88. The average Bonchev–Trinajstić information content (AvgIpc) is 2.70. The predicted octanol–water partition coefficient (Wildman–Crippen LogP) is 0.868.